The second-order valence-electron chi connectivity index (χ2n) is 2.34. The fourth-order valence-electron chi connectivity index (χ4n) is 1.05. The van der Waals surface area contributed by atoms with Crippen LogP contribution in [0, 0.1) is 0 Å². The Morgan fingerprint density at radius 3 is 2.18 bits per heavy atom. The molecule has 5 heteroatoms. The molecule has 0 radical (unpaired) electrons. The van der Waals surface area contributed by atoms with Gasteiger partial charge in [-0.05, 0) is 6.92 Å². The number of aliphatic imine (C=N–C) groups is 1. The number of rotatable bonds is 2. The Balaban J connectivity index is 0. The quantitative estimate of drug-likeness (QED) is 0.636. The summed E-state index contributed by atoms with van der Waals surface area (Å²) in [5, 5.41) is 7.03. The van der Waals surface area contributed by atoms with Gasteiger partial charge in [-0.1, -0.05) is 33.8 Å². The van der Waals surface area contributed by atoms with E-state index in [0.717, 1.165) is 11.5 Å². The molecule has 0 unspecified atom stereocenters. The Hall–Kier alpha value is -1.65. The Labute approximate surface area is 105 Å². The van der Waals surface area contributed by atoms with Crippen molar-refractivity contribution in [2.45, 2.75) is 34.6 Å². The van der Waals surface area contributed by atoms with E-state index in [-0.39, 0.29) is 0 Å². The van der Waals surface area contributed by atoms with Gasteiger partial charge in [-0.3, -0.25) is 4.99 Å². The molecule has 1 aromatic heterocycles. The monoisotopic (exact) mass is 239 g/mol. The zero-order chi connectivity index (χ0) is 13.7. The zero-order valence-electron chi connectivity index (χ0n) is 12.0. The van der Waals surface area contributed by atoms with Gasteiger partial charge in [0, 0.05) is 14.1 Å². The second-order valence-corrected chi connectivity index (χ2v) is 2.34. The van der Waals surface area contributed by atoms with Crippen molar-refractivity contribution in [3.63, 3.8) is 0 Å². The number of allylic oxidation sites excluding steroid dienone is 2. The van der Waals surface area contributed by atoms with E-state index in [1.807, 2.05) is 47.7 Å². The smallest absolute Gasteiger partial charge is 0.173 e. The molecule has 5 nitrogen and oxygen atoms in total. The lowest BCUT2D eigenvalue weighted by Crippen LogP contribution is -2.23. The summed E-state index contributed by atoms with van der Waals surface area (Å²) in [6.45, 7) is 9.94. The van der Waals surface area contributed by atoms with Crippen LogP contribution in [0.4, 0.5) is 0 Å². The van der Waals surface area contributed by atoms with E-state index in [2.05, 4.69) is 20.4 Å². The molecular weight excluding hydrogens is 214 g/mol. The molecule has 0 aliphatic rings. The fourth-order valence-corrected chi connectivity index (χ4v) is 1.05. The minimum atomic E-state index is 0.752. The highest BCUT2D eigenvalue weighted by molar-refractivity contribution is 5.98. The van der Waals surface area contributed by atoms with Gasteiger partial charge in [-0.2, -0.15) is 5.10 Å². The summed E-state index contributed by atoms with van der Waals surface area (Å²) >= 11 is 0. The lowest BCUT2D eigenvalue weighted by molar-refractivity contribution is 0.898. The molecular formula is C12H25N5. The van der Waals surface area contributed by atoms with Crippen LogP contribution in [0.5, 0.6) is 0 Å². The summed E-state index contributed by atoms with van der Waals surface area (Å²) in [6.07, 6.45) is 5.03. The number of hydrogen-bond donors (Lipinski definition) is 1. The molecule has 0 aliphatic carbocycles. The molecule has 17 heavy (non-hydrogen) atoms. The number of hydrogen-bond acceptors (Lipinski definition) is 4. The second kappa shape index (κ2) is 12.4. The summed E-state index contributed by atoms with van der Waals surface area (Å²) in [4.78, 5) is 7.98. The molecule has 98 valence electrons. The predicted octanol–water partition coefficient (Wildman–Crippen LogP) is 2.33. The van der Waals surface area contributed by atoms with Crippen molar-refractivity contribution in [2.75, 3.05) is 14.1 Å². The Morgan fingerprint density at radius 1 is 1.29 bits per heavy atom. The highest BCUT2D eigenvalue weighted by Gasteiger charge is 2.05. The van der Waals surface area contributed by atoms with Crippen molar-refractivity contribution in [3.8, 4) is 0 Å². The Bertz CT molecular complexity index is 312. The van der Waals surface area contributed by atoms with Crippen LogP contribution in [0.3, 0.4) is 0 Å². The predicted molar refractivity (Wildman–Crippen MR) is 74.3 cm³/mol. The molecule has 1 aromatic rings. The van der Waals surface area contributed by atoms with Crippen LogP contribution in [-0.4, -0.2) is 34.7 Å². The van der Waals surface area contributed by atoms with Crippen LogP contribution >= 0.6 is 0 Å². The highest BCUT2D eigenvalue weighted by atomic mass is 15.3. The van der Waals surface area contributed by atoms with Crippen molar-refractivity contribution >= 4 is 5.84 Å². The summed E-state index contributed by atoms with van der Waals surface area (Å²) in [6, 6.07) is 0. The number of nitrogens with zero attached hydrogens (tertiary/aromatic N) is 4. The van der Waals surface area contributed by atoms with Crippen molar-refractivity contribution in [1.82, 2.24) is 20.1 Å². The lowest BCUT2D eigenvalue weighted by atomic mass is 10.4. The largest absolute Gasteiger partial charge is 0.385 e. The van der Waals surface area contributed by atoms with E-state index >= 15 is 0 Å². The normalized spacial score (nSPS) is 10.8. The van der Waals surface area contributed by atoms with E-state index in [0.29, 0.717) is 0 Å². The van der Waals surface area contributed by atoms with Gasteiger partial charge in [-0.25, -0.2) is 9.67 Å². The topological polar surface area (TPSA) is 55.1 Å². The van der Waals surface area contributed by atoms with Crippen LogP contribution in [0.25, 0.3) is 0 Å². The third-order valence-corrected chi connectivity index (χ3v) is 1.65. The third-order valence-electron chi connectivity index (χ3n) is 1.65. The number of likely N-dealkylation sites (N-methyl/N-ethyl adjacent to an activating group) is 1. The average molecular weight is 239 g/mol. The van der Waals surface area contributed by atoms with Crippen molar-refractivity contribution in [2.24, 2.45) is 4.99 Å². The van der Waals surface area contributed by atoms with Gasteiger partial charge in [0.25, 0.3) is 0 Å². The van der Waals surface area contributed by atoms with Crippen LogP contribution in [0.2, 0.25) is 0 Å². The van der Waals surface area contributed by atoms with Gasteiger partial charge in [0.15, 0.2) is 5.84 Å². The molecule has 0 atom stereocenters. The molecule has 0 saturated heterocycles. The van der Waals surface area contributed by atoms with E-state index in [4.69, 9.17) is 0 Å². The zero-order valence-corrected chi connectivity index (χ0v) is 12.0. The maximum Gasteiger partial charge on any atom is 0.173 e. The van der Waals surface area contributed by atoms with Crippen LogP contribution in [0.15, 0.2) is 29.4 Å². The molecule has 1 N–H and O–H groups in total. The first-order chi connectivity index (χ1) is 8.33. The SMILES string of the molecule is C/C=C(/NC)C(=NC)n1cncn1.CC.CC. The van der Waals surface area contributed by atoms with Gasteiger partial charge < -0.3 is 5.32 Å². The van der Waals surface area contributed by atoms with E-state index in [1.165, 1.54) is 6.33 Å². The Kier molecular flexibility index (Phi) is 13.0. The highest BCUT2D eigenvalue weighted by Crippen LogP contribution is 1.95. The van der Waals surface area contributed by atoms with Crippen LogP contribution < -0.4 is 5.32 Å². The lowest BCUT2D eigenvalue weighted by Gasteiger charge is -2.08. The van der Waals surface area contributed by atoms with Gasteiger partial charge in [0.05, 0.1) is 5.70 Å². The molecule has 0 spiro atoms. The van der Waals surface area contributed by atoms with Gasteiger partial charge in [-0.15, -0.1) is 0 Å². The molecule has 1 heterocycles. The molecule has 0 aromatic carbocycles. The van der Waals surface area contributed by atoms with Gasteiger partial charge in [0.2, 0.25) is 0 Å². The summed E-state index contributed by atoms with van der Waals surface area (Å²) in [7, 11) is 3.56. The van der Waals surface area contributed by atoms with Gasteiger partial charge in [0.1, 0.15) is 12.7 Å². The van der Waals surface area contributed by atoms with Crippen LogP contribution in [-0.2, 0) is 0 Å². The minimum Gasteiger partial charge on any atom is -0.385 e. The van der Waals surface area contributed by atoms with Crippen molar-refractivity contribution < 1.29 is 0 Å². The van der Waals surface area contributed by atoms with E-state index in [1.54, 1.807) is 18.1 Å². The molecule has 0 amide bonds. The molecule has 0 bridgehead atoms. The maximum absolute atomic E-state index is 4.12. The van der Waals surface area contributed by atoms with E-state index in [9.17, 15) is 0 Å². The molecule has 1 rings (SSSR count). The third kappa shape index (κ3) is 5.85. The van der Waals surface area contributed by atoms with E-state index < -0.39 is 0 Å². The maximum atomic E-state index is 4.12. The summed E-state index contributed by atoms with van der Waals surface area (Å²) in [5.41, 5.74) is 0.924. The minimum absolute atomic E-state index is 0.752. The van der Waals surface area contributed by atoms with Crippen molar-refractivity contribution in [3.05, 3.63) is 24.4 Å². The van der Waals surface area contributed by atoms with Crippen molar-refractivity contribution in [1.29, 1.82) is 0 Å². The molecule has 0 fully saturated rings. The Morgan fingerprint density at radius 2 is 1.88 bits per heavy atom. The van der Waals surface area contributed by atoms with Gasteiger partial charge >= 0.3 is 0 Å². The first kappa shape index (κ1) is 17.7. The molecule has 0 aliphatic heterocycles. The standard InChI is InChI=1S/C8H13N5.2C2H6/c1-4-7(9-2)8(10-3)13-6-11-5-12-13;2*1-2/h4-6,9H,1-3H3;2*1-2H3/b7-4+,10-8?;;. The van der Waals surface area contributed by atoms with Crippen LogP contribution in [0.1, 0.15) is 34.6 Å². The first-order valence-electron chi connectivity index (χ1n) is 5.99. The average Bonchev–Trinajstić information content (AvgIpc) is 2.94. The molecule has 0 saturated carbocycles. The fraction of sp³-hybridized carbons (Fsp3) is 0.583. The first-order valence-corrected chi connectivity index (χ1v) is 5.99. The number of aromatic nitrogens is 3. The summed E-state index contributed by atoms with van der Waals surface area (Å²) < 4.78 is 1.62. The summed E-state index contributed by atoms with van der Waals surface area (Å²) in [5.74, 6) is 0.752. The number of nitrogens with one attached hydrogen (secondary N) is 1.